The first-order valence-electron chi connectivity index (χ1n) is 9.40. The Morgan fingerprint density at radius 1 is 1.17 bits per heavy atom. The highest BCUT2D eigenvalue weighted by molar-refractivity contribution is 5.89. The van der Waals surface area contributed by atoms with Crippen molar-refractivity contribution in [3.05, 3.63) is 87.2 Å². The van der Waals surface area contributed by atoms with Crippen molar-refractivity contribution in [3.8, 4) is 5.69 Å². The van der Waals surface area contributed by atoms with Gasteiger partial charge in [-0.25, -0.2) is 4.79 Å². The van der Waals surface area contributed by atoms with Gasteiger partial charge >= 0.3 is 5.97 Å². The summed E-state index contributed by atoms with van der Waals surface area (Å²) in [6.45, 7) is 6.10. The van der Waals surface area contributed by atoms with Gasteiger partial charge in [-0.15, -0.1) is 0 Å². The fraction of sp³-hybridized carbons (Fsp3) is 0.182. The number of non-ortho nitro benzene ring substituents is 1. The number of aryl methyl sites for hydroxylation is 1. The predicted molar refractivity (Wildman–Crippen MR) is 116 cm³/mol. The van der Waals surface area contributed by atoms with Crippen LogP contribution in [0.4, 0.5) is 11.4 Å². The summed E-state index contributed by atoms with van der Waals surface area (Å²) >= 11 is 0. The standard InChI is InChI=1S/C22H22N4O4/c1-4-30-22(27)17-5-9-20(10-6-17)25-15(2)13-18(16(25)3)14-23-24-19-7-11-21(12-8-19)26(28)29/h5-14,24H,4H2,1-3H3/b23-14-. The number of benzene rings is 2. The molecule has 0 radical (unpaired) electrons. The van der Waals surface area contributed by atoms with Gasteiger partial charge in [0.1, 0.15) is 0 Å². The molecule has 8 nitrogen and oxygen atoms in total. The summed E-state index contributed by atoms with van der Waals surface area (Å²) in [5.41, 5.74) is 7.94. The van der Waals surface area contributed by atoms with E-state index in [1.54, 1.807) is 37.4 Å². The van der Waals surface area contributed by atoms with Gasteiger partial charge in [-0.05, 0) is 63.2 Å². The fourth-order valence-electron chi connectivity index (χ4n) is 3.11. The second-order valence-electron chi connectivity index (χ2n) is 6.60. The molecule has 0 saturated heterocycles. The number of anilines is 1. The molecule has 0 saturated carbocycles. The van der Waals surface area contributed by atoms with Gasteiger partial charge < -0.3 is 9.30 Å². The van der Waals surface area contributed by atoms with Crippen LogP contribution in [0.15, 0.2) is 59.7 Å². The molecule has 0 unspecified atom stereocenters. The number of nitro benzene ring substituents is 1. The van der Waals surface area contributed by atoms with E-state index in [1.807, 2.05) is 32.0 Å². The molecule has 30 heavy (non-hydrogen) atoms. The third kappa shape index (κ3) is 4.54. The van der Waals surface area contributed by atoms with E-state index in [0.717, 1.165) is 22.6 Å². The van der Waals surface area contributed by atoms with E-state index >= 15 is 0 Å². The summed E-state index contributed by atoms with van der Waals surface area (Å²) in [6, 6.07) is 15.3. The molecule has 1 aromatic heterocycles. The van der Waals surface area contributed by atoms with Crippen molar-refractivity contribution in [2.45, 2.75) is 20.8 Å². The SMILES string of the molecule is CCOC(=O)c1ccc(-n2c(C)cc(/C=N\Nc3ccc([N+](=O)[O-])cc3)c2C)cc1. The largest absolute Gasteiger partial charge is 0.462 e. The maximum absolute atomic E-state index is 11.8. The van der Waals surface area contributed by atoms with Crippen LogP contribution in [0.2, 0.25) is 0 Å². The van der Waals surface area contributed by atoms with Crippen LogP contribution in [-0.4, -0.2) is 28.3 Å². The van der Waals surface area contributed by atoms with Crippen molar-refractivity contribution in [1.82, 2.24) is 4.57 Å². The van der Waals surface area contributed by atoms with E-state index in [4.69, 9.17) is 4.74 Å². The zero-order valence-electron chi connectivity index (χ0n) is 17.0. The number of nitrogens with zero attached hydrogens (tertiary/aromatic N) is 3. The summed E-state index contributed by atoms with van der Waals surface area (Å²) in [7, 11) is 0. The fourth-order valence-corrected chi connectivity index (χ4v) is 3.11. The van der Waals surface area contributed by atoms with E-state index in [-0.39, 0.29) is 11.7 Å². The van der Waals surface area contributed by atoms with Crippen molar-refractivity contribution < 1.29 is 14.5 Å². The lowest BCUT2D eigenvalue weighted by Gasteiger charge is -2.10. The van der Waals surface area contributed by atoms with Crippen LogP contribution in [0, 0.1) is 24.0 Å². The lowest BCUT2D eigenvalue weighted by Crippen LogP contribution is -2.05. The molecule has 0 aliphatic carbocycles. The third-order valence-corrected chi connectivity index (χ3v) is 4.58. The summed E-state index contributed by atoms with van der Waals surface area (Å²) in [5.74, 6) is -0.338. The molecule has 8 heteroatoms. The number of aromatic nitrogens is 1. The Balaban J connectivity index is 1.76. The van der Waals surface area contributed by atoms with Gasteiger partial charge in [0.15, 0.2) is 0 Å². The number of nitro groups is 1. The Morgan fingerprint density at radius 3 is 2.43 bits per heavy atom. The molecule has 0 amide bonds. The second-order valence-corrected chi connectivity index (χ2v) is 6.60. The van der Waals surface area contributed by atoms with Crippen LogP contribution >= 0.6 is 0 Å². The Hall–Kier alpha value is -3.94. The van der Waals surface area contributed by atoms with Crippen molar-refractivity contribution in [1.29, 1.82) is 0 Å². The molecule has 1 N–H and O–H groups in total. The number of rotatable bonds is 7. The van der Waals surface area contributed by atoms with Gasteiger partial charge in [-0.3, -0.25) is 15.5 Å². The van der Waals surface area contributed by atoms with Crippen LogP contribution < -0.4 is 5.43 Å². The van der Waals surface area contributed by atoms with Gasteiger partial charge in [0.05, 0.1) is 29.0 Å². The van der Waals surface area contributed by atoms with Crippen molar-refractivity contribution >= 4 is 23.6 Å². The van der Waals surface area contributed by atoms with Gasteiger partial charge in [0.2, 0.25) is 0 Å². The first-order chi connectivity index (χ1) is 14.4. The Bertz CT molecular complexity index is 1080. The molecular weight excluding hydrogens is 384 g/mol. The zero-order valence-corrected chi connectivity index (χ0v) is 17.0. The number of carbonyl (C=O) groups excluding carboxylic acids is 1. The minimum atomic E-state index is -0.443. The van der Waals surface area contributed by atoms with E-state index in [0.29, 0.717) is 17.9 Å². The Morgan fingerprint density at radius 2 is 1.83 bits per heavy atom. The summed E-state index contributed by atoms with van der Waals surface area (Å²) in [4.78, 5) is 22.1. The van der Waals surface area contributed by atoms with Crippen LogP contribution in [0.3, 0.4) is 0 Å². The van der Waals surface area contributed by atoms with Gasteiger partial charge in [0.25, 0.3) is 5.69 Å². The quantitative estimate of drug-likeness (QED) is 0.267. The van der Waals surface area contributed by atoms with Gasteiger partial charge in [-0.1, -0.05) is 0 Å². The van der Waals surface area contributed by atoms with E-state index in [1.165, 1.54) is 12.1 Å². The molecule has 0 bridgehead atoms. The molecule has 1 heterocycles. The molecule has 0 fully saturated rings. The highest BCUT2D eigenvalue weighted by atomic mass is 16.6. The highest BCUT2D eigenvalue weighted by Gasteiger charge is 2.11. The minimum absolute atomic E-state index is 0.0297. The molecule has 0 atom stereocenters. The minimum Gasteiger partial charge on any atom is -0.462 e. The molecule has 3 aromatic rings. The molecule has 0 aliphatic heterocycles. The predicted octanol–water partition coefficient (Wildman–Crippen LogP) is 4.63. The molecule has 154 valence electrons. The average molecular weight is 406 g/mol. The van der Waals surface area contributed by atoms with Crippen LogP contribution in [0.25, 0.3) is 5.69 Å². The number of esters is 1. The highest BCUT2D eigenvalue weighted by Crippen LogP contribution is 2.21. The number of nitrogens with one attached hydrogen (secondary N) is 1. The normalized spacial score (nSPS) is 10.9. The number of carbonyl (C=O) groups is 1. The lowest BCUT2D eigenvalue weighted by atomic mass is 10.2. The maximum Gasteiger partial charge on any atom is 0.338 e. The summed E-state index contributed by atoms with van der Waals surface area (Å²) in [5, 5.41) is 14.9. The van der Waals surface area contributed by atoms with E-state index in [2.05, 4.69) is 15.1 Å². The van der Waals surface area contributed by atoms with E-state index < -0.39 is 4.92 Å². The van der Waals surface area contributed by atoms with Crippen LogP contribution in [0.5, 0.6) is 0 Å². The molecule has 3 rings (SSSR count). The maximum atomic E-state index is 11.8. The topological polar surface area (TPSA) is 98.8 Å². The van der Waals surface area contributed by atoms with Crippen molar-refractivity contribution in [2.24, 2.45) is 5.10 Å². The van der Waals surface area contributed by atoms with Crippen molar-refractivity contribution in [2.75, 3.05) is 12.0 Å². The van der Waals surface area contributed by atoms with Crippen molar-refractivity contribution in [3.63, 3.8) is 0 Å². The van der Waals surface area contributed by atoms with Gasteiger partial charge in [-0.2, -0.15) is 5.10 Å². The number of hydrogen-bond donors (Lipinski definition) is 1. The van der Waals surface area contributed by atoms with Gasteiger partial charge in [0, 0.05) is 34.8 Å². The molecular formula is C22H22N4O4. The monoisotopic (exact) mass is 406 g/mol. The molecule has 0 aliphatic rings. The molecule has 2 aromatic carbocycles. The third-order valence-electron chi connectivity index (χ3n) is 4.58. The number of ether oxygens (including phenoxy) is 1. The van der Waals surface area contributed by atoms with Crippen LogP contribution in [-0.2, 0) is 4.74 Å². The smallest absolute Gasteiger partial charge is 0.338 e. The Labute approximate surface area is 173 Å². The average Bonchev–Trinajstić information content (AvgIpc) is 3.02. The summed E-state index contributed by atoms with van der Waals surface area (Å²) < 4.78 is 7.09. The zero-order chi connectivity index (χ0) is 21.7. The Kier molecular flexibility index (Phi) is 6.26. The first-order valence-corrected chi connectivity index (χ1v) is 9.40. The number of hydrogen-bond acceptors (Lipinski definition) is 6. The van der Waals surface area contributed by atoms with Crippen LogP contribution in [0.1, 0.15) is 34.2 Å². The first kappa shape index (κ1) is 20.8. The lowest BCUT2D eigenvalue weighted by molar-refractivity contribution is -0.384. The number of hydrazone groups is 1. The summed E-state index contributed by atoms with van der Waals surface area (Å²) in [6.07, 6.45) is 1.70. The van der Waals surface area contributed by atoms with E-state index in [9.17, 15) is 14.9 Å². The molecule has 0 spiro atoms. The second kappa shape index (κ2) is 9.04.